The van der Waals surface area contributed by atoms with Crippen LogP contribution in [0.15, 0.2) is 61.1 Å². The van der Waals surface area contributed by atoms with E-state index < -0.39 is 5.60 Å². The summed E-state index contributed by atoms with van der Waals surface area (Å²) in [6.07, 6.45) is 5.65. The Labute approximate surface area is 156 Å². The van der Waals surface area contributed by atoms with Crippen LogP contribution in [0.3, 0.4) is 0 Å². The van der Waals surface area contributed by atoms with Gasteiger partial charge in [0.1, 0.15) is 11.4 Å². The summed E-state index contributed by atoms with van der Waals surface area (Å²) in [6, 6.07) is 15.3. The molecule has 0 bridgehead atoms. The highest BCUT2D eigenvalue weighted by atomic mass is 35.5. The highest BCUT2D eigenvalue weighted by molar-refractivity contribution is 6.30. The highest BCUT2D eigenvalue weighted by Gasteiger charge is 2.28. The predicted molar refractivity (Wildman–Crippen MR) is 102 cm³/mol. The van der Waals surface area contributed by atoms with Crippen molar-refractivity contribution >= 4 is 17.3 Å². The van der Waals surface area contributed by atoms with Crippen LogP contribution in [0.1, 0.15) is 25.0 Å². The maximum Gasteiger partial charge on any atom is 0.130 e. The summed E-state index contributed by atoms with van der Waals surface area (Å²) in [5, 5.41) is 9.97. The molecule has 1 aliphatic heterocycles. The largest absolute Gasteiger partial charge is 0.483 e. The lowest BCUT2D eigenvalue weighted by Gasteiger charge is -2.31. The van der Waals surface area contributed by atoms with E-state index in [1.165, 1.54) is 0 Å². The summed E-state index contributed by atoms with van der Waals surface area (Å²) in [5.41, 5.74) is 3.88. The Morgan fingerprint density at radius 2 is 1.92 bits per heavy atom. The molecule has 128 valence electrons. The van der Waals surface area contributed by atoms with Crippen molar-refractivity contribution < 1.29 is 4.74 Å². The first-order valence-electron chi connectivity index (χ1n) is 8.22. The molecule has 0 fully saturated rings. The minimum Gasteiger partial charge on any atom is -0.483 e. The van der Waals surface area contributed by atoms with Gasteiger partial charge in [0.25, 0.3) is 0 Å². The molecule has 2 heterocycles. The van der Waals surface area contributed by atoms with E-state index in [0.29, 0.717) is 10.6 Å². The van der Waals surface area contributed by atoms with Gasteiger partial charge in [-0.1, -0.05) is 23.7 Å². The van der Waals surface area contributed by atoms with Crippen molar-refractivity contribution in [2.75, 3.05) is 0 Å². The van der Waals surface area contributed by atoms with Crippen LogP contribution in [-0.4, -0.2) is 15.2 Å². The Bertz CT molecular complexity index is 1060. The average molecular weight is 362 g/mol. The number of nitriles is 1. The van der Waals surface area contributed by atoms with Gasteiger partial charge in [0.15, 0.2) is 0 Å². The van der Waals surface area contributed by atoms with Gasteiger partial charge in [-0.3, -0.25) is 4.57 Å². The maximum absolute atomic E-state index is 9.28. The second kappa shape index (κ2) is 6.05. The maximum atomic E-state index is 9.28. The number of fused-ring (bicyclic) bond motifs is 1. The minimum atomic E-state index is -0.474. The average Bonchev–Trinajstić information content (AvgIpc) is 3.10. The van der Waals surface area contributed by atoms with Crippen LogP contribution in [0, 0.1) is 11.3 Å². The Hall–Kier alpha value is -3.03. The van der Waals surface area contributed by atoms with Crippen molar-refractivity contribution in [2.45, 2.75) is 19.4 Å². The summed E-state index contributed by atoms with van der Waals surface area (Å²) in [4.78, 5) is 4.34. The van der Waals surface area contributed by atoms with Gasteiger partial charge >= 0.3 is 0 Å². The normalized spacial score (nSPS) is 14.8. The zero-order chi connectivity index (χ0) is 18.3. The molecule has 4 rings (SSSR count). The lowest BCUT2D eigenvalue weighted by atomic mass is 9.97. The molecule has 0 saturated carbocycles. The van der Waals surface area contributed by atoms with E-state index >= 15 is 0 Å². The third-order valence-electron chi connectivity index (χ3n) is 4.28. The van der Waals surface area contributed by atoms with E-state index in [1.807, 2.05) is 61.0 Å². The van der Waals surface area contributed by atoms with Gasteiger partial charge in [0.2, 0.25) is 0 Å². The lowest BCUT2D eigenvalue weighted by Crippen LogP contribution is -2.30. The zero-order valence-corrected chi connectivity index (χ0v) is 15.2. The van der Waals surface area contributed by atoms with Gasteiger partial charge in [-0.15, -0.1) is 0 Å². The second-order valence-electron chi connectivity index (χ2n) is 6.71. The molecule has 3 aromatic rings. The van der Waals surface area contributed by atoms with E-state index in [9.17, 15) is 5.26 Å². The smallest absolute Gasteiger partial charge is 0.130 e. The molecule has 2 aromatic carbocycles. The van der Waals surface area contributed by atoms with E-state index in [2.05, 4.69) is 17.1 Å². The summed E-state index contributed by atoms with van der Waals surface area (Å²) >= 11 is 6.02. The van der Waals surface area contributed by atoms with E-state index in [4.69, 9.17) is 16.3 Å². The van der Waals surface area contributed by atoms with Crippen molar-refractivity contribution in [3.63, 3.8) is 0 Å². The summed E-state index contributed by atoms with van der Waals surface area (Å²) in [7, 11) is 0. The van der Waals surface area contributed by atoms with Crippen LogP contribution < -0.4 is 4.74 Å². The molecule has 1 aliphatic rings. The number of hydrogen-bond donors (Lipinski definition) is 0. The Morgan fingerprint density at radius 1 is 1.15 bits per heavy atom. The monoisotopic (exact) mass is 361 g/mol. The lowest BCUT2D eigenvalue weighted by molar-refractivity contribution is 0.157. The molecule has 0 aliphatic carbocycles. The number of halogens is 1. The van der Waals surface area contributed by atoms with Gasteiger partial charge in [-0.2, -0.15) is 5.26 Å². The van der Waals surface area contributed by atoms with Gasteiger partial charge in [-0.25, -0.2) is 4.98 Å². The predicted octanol–water partition coefficient (Wildman–Crippen LogP) is 5.14. The van der Waals surface area contributed by atoms with Crippen molar-refractivity contribution in [1.29, 1.82) is 5.26 Å². The topological polar surface area (TPSA) is 50.8 Å². The first kappa shape index (κ1) is 16.4. The molecule has 0 N–H and O–H groups in total. The molecule has 0 radical (unpaired) electrons. The Balaban J connectivity index is 1.91. The van der Waals surface area contributed by atoms with Crippen molar-refractivity contribution in [3.8, 4) is 23.1 Å². The number of imidazole rings is 1. The summed E-state index contributed by atoms with van der Waals surface area (Å²) in [6.45, 7) is 4.01. The third-order valence-corrected chi connectivity index (χ3v) is 4.53. The quantitative estimate of drug-likeness (QED) is 0.635. The van der Waals surface area contributed by atoms with Crippen LogP contribution in [0.5, 0.6) is 5.75 Å². The number of rotatable bonds is 2. The minimum absolute atomic E-state index is 0.474. The molecular formula is C21H16ClN3O. The Morgan fingerprint density at radius 3 is 2.65 bits per heavy atom. The molecule has 26 heavy (non-hydrogen) atoms. The van der Waals surface area contributed by atoms with Crippen LogP contribution in [0.4, 0.5) is 0 Å². The number of ether oxygens (including phenoxy) is 1. The van der Waals surface area contributed by atoms with Gasteiger partial charge in [0.05, 0.1) is 35.5 Å². The fourth-order valence-electron chi connectivity index (χ4n) is 3.13. The number of hydrogen-bond acceptors (Lipinski definition) is 3. The molecule has 0 saturated heterocycles. The highest BCUT2D eigenvalue weighted by Crippen LogP contribution is 2.39. The number of aromatic nitrogens is 2. The van der Waals surface area contributed by atoms with Crippen LogP contribution in [0.25, 0.3) is 17.0 Å². The number of nitrogens with zero attached hydrogens (tertiary/aromatic N) is 3. The van der Waals surface area contributed by atoms with Crippen LogP contribution in [0.2, 0.25) is 5.02 Å². The first-order valence-corrected chi connectivity index (χ1v) is 8.60. The van der Waals surface area contributed by atoms with E-state index in [0.717, 1.165) is 28.3 Å². The van der Waals surface area contributed by atoms with Crippen LogP contribution >= 0.6 is 11.6 Å². The number of benzene rings is 2. The molecule has 4 nitrogen and oxygen atoms in total. The molecule has 0 atom stereocenters. The molecule has 5 heteroatoms. The Kier molecular flexibility index (Phi) is 3.82. The molecule has 0 spiro atoms. The first-order chi connectivity index (χ1) is 12.5. The molecule has 0 unspecified atom stereocenters. The van der Waals surface area contributed by atoms with Gasteiger partial charge in [-0.05, 0) is 50.3 Å². The fraction of sp³-hybridized carbons (Fsp3) is 0.143. The third kappa shape index (κ3) is 2.87. The molecule has 1 aromatic heterocycles. The zero-order valence-electron chi connectivity index (χ0n) is 14.4. The van der Waals surface area contributed by atoms with Crippen molar-refractivity contribution in [3.05, 3.63) is 77.2 Å². The standard InChI is InChI=1S/C21H16ClN3O/c1-21(2)10-18(17-9-14(11-23)3-8-20(17)26-21)25-13-24-12-19(25)15-4-6-16(22)7-5-15/h3-10,12-13H,1-2H3. The molecule has 0 amide bonds. The fourth-order valence-corrected chi connectivity index (χ4v) is 3.26. The van der Waals surface area contributed by atoms with E-state index in [-0.39, 0.29) is 0 Å². The van der Waals surface area contributed by atoms with Crippen LogP contribution in [-0.2, 0) is 0 Å². The van der Waals surface area contributed by atoms with Crippen molar-refractivity contribution in [1.82, 2.24) is 9.55 Å². The van der Waals surface area contributed by atoms with Gasteiger partial charge in [0, 0.05) is 16.1 Å². The second-order valence-corrected chi connectivity index (χ2v) is 7.15. The summed E-state index contributed by atoms with van der Waals surface area (Å²) < 4.78 is 8.09. The summed E-state index contributed by atoms with van der Waals surface area (Å²) in [5.74, 6) is 0.752. The SMILES string of the molecule is CC1(C)C=C(n2cncc2-c2ccc(Cl)cc2)c2cc(C#N)ccc2O1. The van der Waals surface area contributed by atoms with Gasteiger partial charge < -0.3 is 4.74 Å². The van der Waals surface area contributed by atoms with E-state index in [1.54, 1.807) is 12.4 Å². The molecular weight excluding hydrogens is 346 g/mol. The van der Waals surface area contributed by atoms with Crippen molar-refractivity contribution in [2.24, 2.45) is 0 Å².